The van der Waals surface area contributed by atoms with E-state index in [1.54, 1.807) is 11.3 Å². The van der Waals surface area contributed by atoms with Crippen molar-refractivity contribution in [2.45, 2.75) is 51.1 Å². The van der Waals surface area contributed by atoms with Crippen LogP contribution in [0.1, 0.15) is 43.0 Å². The molecule has 1 aromatic rings. The van der Waals surface area contributed by atoms with E-state index in [9.17, 15) is 9.59 Å². The summed E-state index contributed by atoms with van der Waals surface area (Å²) in [6.45, 7) is 4.25. The quantitative estimate of drug-likeness (QED) is 0.846. The van der Waals surface area contributed by atoms with E-state index in [-0.39, 0.29) is 17.9 Å². The standard InChI is InChI=1S/C17H23N3O2S/c1-12-4-2-3-7-17(12)15(21)20(16(22)18-17)11-19-8-5-14-13(10-19)6-9-23-14/h6,9,12H,2-5,7-8,10-11H2,1H3,(H,18,22)/t12-,17-/m1/s1. The molecule has 3 aliphatic rings. The third-order valence-corrected chi connectivity index (χ3v) is 6.75. The molecule has 1 N–H and O–H groups in total. The zero-order valence-corrected chi connectivity index (χ0v) is 14.3. The maximum absolute atomic E-state index is 13.0. The predicted molar refractivity (Wildman–Crippen MR) is 89.0 cm³/mol. The molecule has 2 aliphatic heterocycles. The van der Waals surface area contributed by atoms with Crippen LogP contribution >= 0.6 is 11.3 Å². The number of nitrogens with one attached hydrogen (secondary N) is 1. The van der Waals surface area contributed by atoms with Gasteiger partial charge in [0.1, 0.15) is 5.54 Å². The summed E-state index contributed by atoms with van der Waals surface area (Å²) in [5, 5.41) is 5.16. The Morgan fingerprint density at radius 3 is 3.09 bits per heavy atom. The first kappa shape index (κ1) is 15.1. The van der Waals surface area contributed by atoms with Crippen molar-refractivity contribution in [2.24, 2.45) is 5.92 Å². The van der Waals surface area contributed by atoms with Crippen molar-refractivity contribution >= 4 is 23.3 Å². The van der Waals surface area contributed by atoms with Crippen LogP contribution in [0.4, 0.5) is 4.79 Å². The molecule has 1 saturated heterocycles. The first-order chi connectivity index (χ1) is 11.1. The molecule has 5 nitrogen and oxygen atoms in total. The maximum Gasteiger partial charge on any atom is 0.326 e. The fraction of sp³-hybridized carbons (Fsp3) is 0.647. The second kappa shape index (κ2) is 5.60. The third-order valence-electron chi connectivity index (χ3n) is 5.73. The fourth-order valence-electron chi connectivity index (χ4n) is 4.25. The lowest BCUT2D eigenvalue weighted by atomic mass is 9.73. The molecule has 3 heterocycles. The minimum atomic E-state index is -0.640. The van der Waals surface area contributed by atoms with Gasteiger partial charge in [-0.2, -0.15) is 0 Å². The van der Waals surface area contributed by atoms with Crippen molar-refractivity contribution in [3.8, 4) is 0 Å². The van der Waals surface area contributed by atoms with Crippen LogP contribution in [0.25, 0.3) is 0 Å². The Kier molecular flexibility index (Phi) is 3.69. The van der Waals surface area contributed by atoms with Gasteiger partial charge < -0.3 is 5.32 Å². The number of nitrogens with zero attached hydrogens (tertiary/aromatic N) is 2. The summed E-state index contributed by atoms with van der Waals surface area (Å²) >= 11 is 1.80. The van der Waals surface area contributed by atoms with Crippen molar-refractivity contribution in [2.75, 3.05) is 13.2 Å². The maximum atomic E-state index is 13.0. The average Bonchev–Trinajstić information content (AvgIpc) is 3.09. The fourth-order valence-corrected chi connectivity index (χ4v) is 5.14. The Bertz CT molecular complexity index is 644. The smallest absolute Gasteiger partial charge is 0.323 e. The van der Waals surface area contributed by atoms with E-state index in [2.05, 4.69) is 28.6 Å². The number of thiophene rings is 1. The third kappa shape index (κ3) is 2.39. The van der Waals surface area contributed by atoms with Crippen LogP contribution in [0, 0.1) is 5.92 Å². The first-order valence-corrected chi connectivity index (χ1v) is 9.40. The highest BCUT2D eigenvalue weighted by molar-refractivity contribution is 7.10. The van der Waals surface area contributed by atoms with Crippen molar-refractivity contribution in [1.82, 2.24) is 15.1 Å². The Hall–Kier alpha value is -1.40. The number of carbonyl (C=O) groups is 2. The molecule has 0 aromatic carbocycles. The summed E-state index contributed by atoms with van der Waals surface area (Å²) in [6, 6.07) is 1.95. The summed E-state index contributed by atoms with van der Waals surface area (Å²) < 4.78 is 0. The van der Waals surface area contributed by atoms with Gasteiger partial charge in [-0.25, -0.2) is 9.69 Å². The number of carbonyl (C=O) groups excluding carboxylic acids is 2. The summed E-state index contributed by atoms with van der Waals surface area (Å²) in [5.74, 6) is 0.216. The van der Waals surface area contributed by atoms with Crippen molar-refractivity contribution in [1.29, 1.82) is 0 Å². The largest absolute Gasteiger partial charge is 0.326 e. The van der Waals surface area contributed by atoms with Gasteiger partial charge in [0.15, 0.2) is 0 Å². The molecule has 2 fully saturated rings. The molecular weight excluding hydrogens is 310 g/mol. The van der Waals surface area contributed by atoms with Crippen LogP contribution in [-0.4, -0.2) is 40.5 Å². The second-order valence-corrected chi connectivity index (χ2v) is 8.10. The number of urea groups is 1. The number of hydrogen-bond donors (Lipinski definition) is 1. The Balaban J connectivity index is 1.49. The zero-order chi connectivity index (χ0) is 16.0. The summed E-state index contributed by atoms with van der Waals surface area (Å²) in [7, 11) is 0. The molecule has 1 saturated carbocycles. The highest BCUT2D eigenvalue weighted by Crippen LogP contribution is 2.38. The lowest BCUT2D eigenvalue weighted by Crippen LogP contribution is -2.54. The minimum Gasteiger partial charge on any atom is -0.323 e. The highest BCUT2D eigenvalue weighted by Gasteiger charge is 2.55. The molecule has 0 bridgehead atoms. The van der Waals surface area contributed by atoms with Gasteiger partial charge in [-0.1, -0.05) is 19.8 Å². The monoisotopic (exact) mass is 333 g/mol. The topological polar surface area (TPSA) is 52.7 Å². The van der Waals surface area contributed by atoms with E-state index in [4.69, 9.17) is 0 Å². The molecule has 1 spiro atoms. The Labute approximate surface area is 140 Å². The van der Waals surface area contributed by atoms with Gasteiger partial charge in [-0.05, 0) is 42.2 Å². The molecule has 3 amide bonds. The van der Waals surface area contributed by atoms with Crippen LogP contribution < -0.4 is 5.32 Å². The molecule has 0 unspecified atom stereocenters. The molecule has 6 heteroatoms. The molecule has 23 heavy (non-hydrogen) atoms. The molecule has 124 valence electrons. The van der Waals surface area contributed by atoms with Crippen LogP contribution in [0.15, 0.2) is 11.4 Å². The molecule has 4 rings (SSSR count). The molecule has 1 aromatic heterocycles. The number of amides is 3. The van der Waals surface area contributed by atoms with E-state index >= 15 is 0 Å². The average molecular weight is 333 g/mol. The van der Waals surface area contributed by atoms with Gasteiger partial charge in [0.25, 0.3) is 5.91 Å². The van der Waals surface area contributed by atoms with Crippen molar-refractivity contribution < 1.29 is 9.59 Å². The van der Waals surface area contributed by atoms with Gasteiger partial charge >= 0.3 is 6.03 Å². The van der Waals surface area contributed by atoms with E-state index in [0.29, 0.717) is 6.67 Å². The Morgan fingerprint density at radius 1 is 1.39 bits per heavy atom. The van der Waals surface area contributed by atoms with Crippen LogP contribution in [0.3, 0.4) is 0 Å². The van der Waals surface area contributed by atoms with Crippen molar-refractivity contribution in [3.05, 3.63) is 21.9 Å². The summed E-state index contributed by atoms with van der Waals surface area (Å²) in [5.41, 5.74) is 0.701. The van der Waals surface area contributed by atoms with Gasteiger partial charge in [-0.15, -0.1) is 11.3 Å². The Morgan fingerprint density at radius 2 is 2.26 bits per heavy atom. The molecular formula is C17H23N3O2S. The lowest BCUT2D eigenvalue weighted by molar-refractivity contribution is -0.135. The van der Waals surface area contributed by atoms with Crippen LogP contribution in [-0.2, 0) is 17.8 Å². The molecule has 0 radical (unpaired) electrons. The van der Waals surface area contributed by atoms with Gasteiger partial charge in [0, 0.05) is 18.0 Å². The van der Waals surface area contributed by atoms with E-state index < -0.39 is 5.54 Å². The summed E-state index contributed by atoms with van der Waals surface area (Å²) in [4.78, 5) is 30.5. The number of hydrogen-bond acceptors (Lipinski definition) is 4. The van der Waals surface area contributed by atoms with E-state index in [1.165, 1.54) is 15.3 Å². The SMILES string of the molecule is C[C@@H]1CCCC[C@@]12NC(=O)N(CN1CCc3sccc3C1)C2=O. The van der Waals surface area contributed by atoms with E-state index in [1.807, 2.05) is 0 Å². The molecule has 2 atom stereocenters. The number of fused-ring (bicyclic) bond motifs is 1. The first-order valence-electron chi connectivity index (χ1n) is 8.52. The predicted octanol–water partition coefficient (Wildman–Crippen LogP) is 2.56. The minimum absolute atomic E-state index is 0.00850. The van der Waals surface area contributed by atoms with Crippen LogP contribution in [0.2, 0.25) is 0 Å². The lowest BCUT2D eigenvalue weighted by Gasteiger charge is -2.37. The second-order valence-electron chi connectivity index (χ2n) is 7.09. The summed E-state index contributed by atoms with van der Waals surface area (Å²) in [6.07, 6.45) is 4.98. The number of rotatable bonds is 2. The van der Waals surface area contributed by atoms with Gasteiger partial charge in [-0.3, -0.25) is 9.69 Å². The van der Waals surface area contributed by atoms with Crippen LogP contribution in [0.5, 0.6) is 0 Å². The number of imide groups is 1. The van der Waals surface area contributed by atoms with Gasteiger partial charge in [0.2, 0.25) is 0 Å². The normalized spacial score (nSPS) is 31.5. The highest BCUT2D eigenvalue weighted by atomic mass is 32.1. The molecule has 1 aliphatic carbocycles. The van der Waals surface area contributed by atoms with Crippen molar-refractivity contribution in [3.63, 3.8) is 0 Å². The van der Waals surface area contributed by atoms with E-state index in [0.717, 1.165) is 45.2 Å². The van der Waals surface area contributed by atoms with Gasteiger partial charge in [0.05, 0.1) is 6.67 Å². The zero-order valence-electron chi connectivity index (χ0n) is 13.5.